The van der Waals surface area contributed by atoms with E-state index < -0.39 is 0 Å². The van der Waals surface area contributed by atoms with Crippen LogP contribution in [-0.2, 0) is 13.0 Å². The number of nitrogens with zero attached hydrogens (tertiary/aromatic N) is 1. The van der Waals surface area contributed by atoms with Gasteiger partial charge in [-0.3, -0.25) is 0 Å². The van der Waals surface area contributed by atoms with Crippen molar-refractivity contribution in [1.29, 1.82) is 0 Å². The summed E-state index contributed by atoms with van der Waals surface area (Å²) in [5, 5.41) is 3.64. The van der Waals surface area contributed by atoms with Crippen molar-refractivity contribution in [1.82, 2.24) is 10.2 Å². The second-order valence-electron chi connectivity index (χ2n) is 7.35. The lowest BCUT2D eigenvalue weighted by molar-refractivity contribution is 0.137. The van der Waals surface area contributed by atoms with E-state index in [1.807, 2.05) is 0 Å². The number of para-hydroxylation sites is 1. The van der Waals surface area contributed by atoms with Crippen molar-refractivity contribution in [2.75, 3.05) is 26.7 Å². The van der Waals surface area contributed by atoms with Gasteiger partial charge in [0.25, 0.3) is 0 Å². The first-order valence-corrected chi connectivity index (χ1v) is 8.22. The SMILES string of the molecule is CN1CCCC(CNCc2cccc3c2OC(C)(C)C3)C1. The summed E-state index contributed by atoms with van der Waals surface area (Å²) in [5.74, 6) is 1.91. The molecule has 1 aromatic carbocycles. The van der Waals surface area contributed by atoms with Crippen molar-refractivity contribution in [3.05, 3.63) is 29.3 Å². The van der Waals surface area contributed by atoms with Gasteiger partial charge in [-0.2, -0.15) is 0 Å². The number of fused-ring (bicyclic) bond motifs is 1. The minimum absolute atomic E-state index is 0.0511. The summed E-state index contributed by atoms with van der Waals surface area (Å²) < 4.78 is 6.14. The largest absolute Gasteiger partial charge is 0.487 e. The number of hydrogen-bond acceptors (Lipinski definition) is 3. The number of rotatable bonds is 4. The molecule has 1 fully saturated rings. The fraction of sp³-hybridized carbons (Fsp3) is 0.667. The highest BCUT2D eigenvalue weighted by Gasteiger charge is 2.31. The molecule has 2 aliphatic rings. The molecule has 0 bridgehead atoms. The zero-order chi connectivity index (χ0) is 14.9. The third kappa shape index (κ3) is 3.58. The van der Waals surface area contributed by atoms with Crippen molar-refractivity contribution >= 4 is 0 Å². The first kappa shape index (κ1) is 14.9. The predicted molar refractivity (Wildman–Crippen MR) is 86.8 cm³/mol. The van der Waals surface area contributed by atoms with Gasteiger partial charge in [0.2, 0.25) is 0 Å². The summed E-state index contributed by atoms with van der Waals surface area (Å²) in [6, 6.07) is 6.55. The average Bonchev–Trinajstić information content (AvgIpc) is 2.74. The molecule has 1 N–H and O–H groups in total. The second-order valence-corrected chi connectivity index (χ2v) is 7.35. The highest BCUT2D eigenvalue weighted by molar-refractivity contribution is 5.45. The van der Waals surface area contributed by atoms with Crippen LogP contribution in [0.25, 0.3) is 0 Å². The molecule has 1 aromatic rings. The van der Waals surface area contributed by atoms with Crippen LogP contribution in [-0.4, -0.2) is 37.2 Å². The summed E-state index contributed by atoms with van der Waals surface area (Å²) in [7, 11) is 2.23. The molecule has 1 unspecified atom stereocenters. The highest BCUT2D eigenvalue weighted by Crippen LogP contribution is 2.37. The molecule has 3 heteroatoms. The fourth-order valence-corrected chi connectivity index (χ4v) is 3.67. The summed E-state index contributed by atoms with van der Waals surface area (Å²) in [4.78, 5) is 2.45. The van der Waals surface area contributed by atoms with Crippen molar-refractivity contribution < 1.29 is 4.74 Å². The van der Waals surface area contributed by atoms with Gasteiger partial charge in [-0.15, -0.1) is 0 Å². The van der Waals surface area contributed by atoms with Crippen LogP contribution in [0.2, 0.25) is 0 Å². The van der Waals surface area contributed by atoms with Gasteiger partial charge in [-0.05, 0) is 58.3 Å². The Morgan fingerprint density at radius 1 is 1.38 bits per heavy atom. The lowest BCUT2D eigenvalue weighted by atomic mass is 9.98. The average molecular weight is 288 g/mol. The lowest BCUT2D eigenvalue weighted by Gasteiger charge is -2.29. The van der Waals surface area contributed by atoms with Crippen molar-refractivity contribution in [3.63, 3.8) is 0 Å². The van der Waals surface area contributed by atoms with E-state index in [1.54, 1.807) is 0 Å². The van der Waals surface area contributed by atoms with Crippen molar-refractivity contribution in [2.45, 2.75) is 45.3 Å². The van der Waals surface area contributed by atoms with E-state index in [0.29, 0.717) is 0 Å². The quantitative estimate of drug-likeness (QED) is 0.922. The van der Waals surface area contributed by atoms with Crippen LogP contribution in [0.4, 0.5) is 0 Å². The first-order chi connectivity index (χ1) is 10.0. The third-order valence-corrected chi connectivity index (χ3v) is 4.64. The van der Waals surface area contributed by atoms with Gasteiger partial charge in [-0.25, -0.2) is 0 Å². The van der Waals surface area contributed by atoms with Crippen LogP contribution in [0.15, 0.2) is 18.2 Å². The van der Waals surface area contributed by atoms with Crippen LogP contribution >= 0.6 is 0 Å². The Morgan fingerprint density at radius 2 is 2.24 bits per heavy atom. The molecule has 0 spiro atoms. The zero-order valence-corrected chi connectivity index (χ0v) is 13.6. The fourth-order valence-electron chi connectivity index (χ4n) is 3.67. The van der Waals surface area contributed by atoms with Crippen LogP contribution in [0.1, 0.15) is 37.8 Å². The maximum absolute atomic E-state index is 6.14. The van der Waals surface area contributed by atoms with E-state index in [-0.39, 0.29) is 5.60 Å². The van der Waals surface area contributed by atoms with Gasteiger partial charge in [0.15, 0.2) is 0 Å². The van der Waals surface area contributed by atoms with Gasteiger partial charge >= 0.3 is 0 Å². The molecule has 116 valence electrons. The van der Waals surface area contributed by atoms with Crippen LogP contribution in [0.3, 0.4) is 0 Å². The standard InChI is InChI=1S/C18H28N2O/c1-18(2)10-15-7-4-8-16(17(15)21-18)12-19-11-14-6-5-9-20(3)13-14/h4,7-8,14,19H,5-6,9-13H2,1-3H3. The van der Waals surface area contributed by atoms with Gasteiger partial charge < -0.3 is 15.0 Å². The topological polar surface area (TPSA) is 24.5 Å². The van der Waals surface area contributed by atoms with Crippen LogP contribution in [0.5, 0.6) is 5.75 Å². The van der Waals surface area contributed by atoms with Gasteiger partial charge in [0.05, 0.1) is 0 Å². The minimum Gasteiger partial charge on any atom is -0.487 e. The molecule has 3 nitrogen and oxygen atoms in total. The van der Waals surface area contributed by atoms with E-state index in [1.165, 1.54) is 37.1 Å². The number of ether oxygens (including phenoxy) is 1. The number of nitrogens with one attached hydrogen (secondary N) is 1. The van der Waals surface area contributed by atoms with Gasteiger partial charge in [-0.1, -0.05) is 18.2 Å². The number of piperidine rings is 1. The maximum atomic E-state index is 6.14. The Bertz CT molecular complexity index is 498. The molecular formula is C18H28N2O. The normalized spacial score (nSPS) is 24.6. The van der Waals surface area contributed by atoms with E-state index in [2.05, 4.69) is 49.3 Å². The smallest absolute Gasteiger partial charge is 0.127 e. The summed E-state index contributed by atoms with van der Waals surface area (Å²) >= 11 is 0. The summed E-state index contributed by atoms with van der Waals surface area (Å²) in [5.41, 5.74) is 2.61. The van der Waals surface area contributed by atoms with Gasteiger partial charge in [0.1, 0.15) is 11.4 Å². The molecule has 0 radical (unpaired) electrons. The molecular weight excluding hydrogens is 260 g/mol. The molecule has 0 aliphatic carbocycles. The molecule has 0 amide bonds. The Hall–Kier alpha value is -1.06. The van der Waals surface area contributed by atoms with E-state index in [9.17, 15) is 0 Å². The Kier molecular flexibility index (Phi) is 4.23. The van der Waals surface area contributed by atoms with Gasteiger partial charge in [0, 0.05) is 25.1 Å². The molecule has 2 heterocycles. The van der Waals surface area contributed by atoms with Crippen molar-refractivity contribution in [3.8, 4) is 5.75 Å². The molecule has 0 saturated carbocycles. The highest BCUT2D eigenvalue weighted by atomic mass is 16.5. The zero-order valence-electron chi connectivity index (χ0n) is 13.6. The summed E-state index contributed by atoms with van der Waals surface area (Å²) in [6.45, 7) is 8.84. The lowest BCUT2D eigenvalue weighted by Crippen LogP contribution is -2.37. The predicted octanol–water partition coefficient (Wildman–Crippen LogP) is 2.83. The molecule has 3 rings (SSSR count). The Balaban J connectivity index is 1.56. The first-order valence-electron chi connectivity index (χ1n) is 8.22. The summed E-state index contributed by atoms with van der Waals surface area (Å²) in [6.07, 6.45) is 3.71. The molecule has 0 aromatic heterocycles. The second kappa shape index (κ2) is 5.98. The molecule has 1 saturated heterocycles. The van der Waals surface area contributed by atoms with E-state index in [4.69, 9.17) is 4.74 Å². The monoisotopic (exact) mass is 288 g/mol. The van der Waals surface area contributed by atoms with Crippen molar-refractivity contribution in [2.24, 2.45) is 5.92 Å². The molecule has 21 heavy (non-hydrogen) atoms. The number of likely N-dealkylation sites (tertiary alicyclic amines) is 1. The third-order valence-electron chi connectivity index (χ3n) is 4.64. The van der Waals surface area contributed by atoms with Crippen LogP contribution < -0.4 is 10.1 Å². The minimum atomic E-state index is -0.0511. The number of benzene rings is 1. The maximum Gasteiger partial charge on any atom is 0.127 e. The number of hydrogen-bond donors (Lipinski definition) is 1. The van der Waals surface area contributed by atoms with E-state index in [0.717, 1.165) is 31.2 Å². The van der Waals surface area contributed by atoms with Crippen LogP contribution in [0, 0.1) is 5.92 Å². The Labute approximate surface area is 128 Å². The molecule has 2 aliphatic heterocycles. The Morgan fingerprint density at radius 3 is 3.05 bits per heavy atom. The van der Waals surface area contributed by atoms with E-state index >= 15 is 0 Å². The molecule has 1 atom stereocenters.